The molecular weight excluding hydrogens is 248 g/mol. The topological polar surface area (TPSA) is 55.1 Å². The fourth-order valence-electron chi connectivity index (χ4n) is 2.18. The molecule has 0 radical (unpaired) electrons. The molecule has 0 aliphatic heterocycles. The van der Waals surface area contributed by atoms with Crippen LogP contribution in [0.3, 0.4) is 0 Å². The number of carbonyl (C=O) groups is 1. The van der Waals surface area contributed by atoms with E-state index in [0.717, 1.165) is 17.7 Å². The summed E-state index contributed by atoms with van der Waals surface area (Å²) < 4.78 is 0. The molecule has 0 heterocycles. The zero-order valence-corrected chi connectivity index (χ0v) is 11.7. The number of hydrogen-bond acceptors (Lipinski definition) is 2. The van der Waals surface area contributed by atoms with Crippen LogP contribution in [0.1, 0.15) is 28.4 Å². The molecule has 0 aliphatic carbocycles. The van der Waals surface area contributed by atoms with Gasteiger partial charge in [0.15, 0.2) is 0 Å². The van der Waals surface area contributed by atoms with E-state index in [9.17, 15) is 4.79 Å². The highest BCUT2D eigenvalue weighted by atomic mass is 16.1. The molecule has 3 N–H and O–H groups in total. The predicted molar refractivity (Wildman–Crippen MR) is 83.0 cm³/mol. The standard InChI is InChI=1S/C17H20N2O/c1-2-13-6-5-8-15(12-13)19-17(20)16-9-4-3-7-14(16)10-11-18/h3-9,12H,2,10-11,18H2,1H3,(H,19,20). The molecule has 0 aliphatic rings. The molecule has 104 valence electrons. The van der Waals surface area contributed by atoms with Gasteiger partial charge < -0.3 is 11.1 Å². The maximum absolute atomic E-state index is 12.4. The van der Waals surface area contributed by atoms with Gasteiger partial charge in [-0.15, -0.1) is 0 Å². The Kier molecular flexibility index (Phi) is 4.91. The van der Waals surface area contributed by atoms with Crippen LogP contribution in [-0.2, 0) is 12.8 Å². The smallest absolute Gasteiger partial charge is 0.255 e. The number of anilines is 1. The Bertz CT molecular complexity index is 593. The number of aryl methyl sites for hydroxylation is 1. The second-order valence-electron chi connectivity index (χ2n) is 4.70. The molecule has 20 heavy (non-hydrogen) atoms. The Morgan fingerprint density at radius 3 is 2.70 bits per heavy atom. The number of rotatable bonds is 5. The minimum Gasteiger partial charge on any atom is -0.330 e. The van der Waals surface area contributed by atoms with Gasteiger partial charge in [-0.3, -0.25) is 4.79 Å². The van der Waals surface area contributed by atoms with E-state index in [0.29, 0.717) is 18.5 Å². The average Bonchev–Trinajstić information content (AvgIpc) is 2.48. The molecule has 3 nitrogen and oxygen atoms in total. The summed E-state index contributed by atoms with van der Waals surface area (Å²) in [5.74, 6) is -0.0812. The van der Waals surface area contributed by atoms with E-state index in [1.165, 1.54) is 5.56 Å². The molecule has 0 saturated heterocycles. The summed E-state index contributed by atoms with van der Waals surface area (Å²) in [5, 5.41) is 2.95. The first-order valence-electron chi connectivity index (χ1n) is 6.93. The van der Waals surface area contributed by atoms with E-state index in [2.05, 4.69) is 18.3 Å². The monoisotopic (exact) mass is 268 g/mol. The highest BCUT2D eigenvalue weighted by Gasteiger charge is 2.10. The first-order chi connectivity index (χ1) is 9.74. The van der Waals surface area contributed by atoms with Gasteiger partial charge in [-0.25, -0.2) is 0 Å². The molecule has 0 aromatic heterocycles. The van der Waals surface area contributed by atoms with E-state index in [-0.39, 0.29) is 5.91 Å². The van der Waals surface area contributed by atoms with Gasteiger partial charge in [0.05, 0.1) is 0 Å². The predicted octanol–water partition coefficient (Wildman–Crippen LogP) is 3.00. The Balaban J connectivity index is 2.19. The summed E-state index contributed by atoms with van der Waals surface area (Å²) in [4.78, 5) is 12.4. The number of nitrogens with two attached hydrogens (primary N) is 1. The Hall–Kier alpha value is -2.13. The quantitative estimate of drug-likeness (QED) is 0.875. The maximum Gasteiger partial charge on any atom is 0.255 e. The van der Waals surface area contributed by atoms with Gasteiger partial charge >= 0.3 is 0 Å². The highest BCUT2D eigenvalue weighted by molar-refractivity contribution is 6.05. The summed E-state index contributed by atoms with van der Waals surface area (Å²) in [6, 6.07) is 15.5. The van der Waals surface area contributed by atoms with Crippen LogP contribution < -0.4 is 11.1 Å². The molecule has 1 amide bonds. The van der Waals surface area contributed by atoms with E-state index in [1.807, 2.05) is 42.5 Å². The van der Waals surface area contributed by atoms with Crippen molar-refractivity contribution in [2.45, 2.75) is 19.8 Å². The Morgan fingerprint density at radius 1 is 1.15 bits per heavy atom. The average molecular weight is 268 g/mol. The van der Waals surface area contributed by atoms with Crippen molar-refractivity contribution in [2.75, 3.05) is 11.9 Å². The van der Waals surface area contributed by atoms with Crippen molar-refractivity contribution in [1.82, 2.24) is 0 Å². The second kappa shape index (κ2) is 6.87. The third-order valence-electron chi connectivity index (χ3n) is 3.27. The van der Waals surface area contributed by atoms with Gasteiger partial charge in [-0.2, -0.15) is 0 Å². The molecule has 2 aromatic carbocycles. The summed E-state index contributed by atoms with van der Waals surface area (Å²) in [5.41, 5.74) is 9.30. The largest absolute Gasteiger partial charge is 0.330 e. The van der Waals surface area contributed by atoms with Crippen LogP contribution in [0.25, 0.3) is 0 Å². The first kappa shape index (κ1) is 14.3. The summed E-state index contributed by atoms with van der Waals surface area (Å²) in [6.07, 6.45) is 1.66. The van der Waals surface area contributed by atoms with Crippen LogP contribution in [-0.4, -0.2) is 12.5 Å². The van der Waals surface area contributed by atoms with Crippen LogP contribution in [0.2, 0.25) is 0 Å². The van der Waals surface area contributed by atoms with E-state index >= 15 is 0 Å². The molecular formula is C17H20N2O. The number of nitrogens with one attached hydrogen (secondary N) is 1. The lowest BCUT2D eigenvalue weighted by molar-refractivity contribution is 0.102. The van der Waals surface area contributed by atoms with Gasteiger partial charge in [-0.05, 0) is 48.7 Å². The summed E-state index contributed by atoms with van der Waals surface area (Å²) >= 11 is 0. The van der Waals surface area contributed by atoms with Gasteiger partial charge in [0.2, 0.25) is 0 Å². The molecule has 3 heteroatoms. The number of benzene rings is 2. The van der Waals surface area contributed by atoms with E-state index in [1.54, 1.807) is 0 Å². The van der Waals surface area contributed by atoms with Crippen molar-refractivity contribution in [3.8, 4) is 0 Å². The SMILES string of the molecule is CCc1cccc(NC(=O)c2ccccc2CCN)c1. The van der Waals surface area contributed by atoms with Crippen molar-refractivity contribution in [2.24, 2.45) is 5.73 Å². The minimum atomic E-state index is -0.0812. The molecule has 0 spiro atoms. The zero-order valence-electron chi connectivity index (χ0n) is 11.7. The van der Waals surface area contributed by atoms with Crippen LogP contribution in [0.15, 0.2) is 48.5 Å². The van der Waals surface area contributed by atoms with E-state index < -0.39 is 0 Å². The van der Waals surface area contributed by atoms with Gasteiger partial charge in [0.25, 0.3) is 5.91 Å². The molecule has 2 aromatic rings. The van der Waals surface area contributed by atoms with Crippen molar-refractivity contribution in [3.05, 3.63) is 65.2 Å². The van der Waals surface area contributed by atoms with Crippen molar-refractivity contribution in [3.63, 3.8) is 0 Å². The Morgan fingerprint density at radius 2 is 1.95 bits per heavy atom. The normalized spacial score (nSPS) is 10.3. The molecule has 0 fully saturated rings. The molecule has 0 unspecified atom stereocenters. The number of carbonyl (C=O) groups excluding carboxylic acids is 1. The molecule has 0 atom stereocenters. The van der Waals surface area contributed by atoms with E-state index in [4.69, 9.17) is 5.73 Å². The third-order valence-corrected chi connectivity index (χ3v) is 3.27. The Labute approximate surface area is 119 Å². The number of amides is 1. The molecule has 2 rings (SSSR count). The summed E-state index contributed by atoms with van der Waals surface area (Å²) in [7, 11) is 0. The van der Waals surface area contributed by atoms with Crippen molar-refractivity contribution < 1.29 is 4.79 Å². The van der Waals surface area contributed by atoms with Gasteiger partial charge in [0, 0.05) is 11.3 Å². The van der Waals surface area contributed by atoms with Gasteiger partial charge in [-0.1, -0.05) is 37.3 Å². The third kappa shape index (κ3) is 3.45. The zero-order chi connectivity index (χ0) is 14.4. The fraction of sp³-hybridized carbons (Fsp3) is 0.235. The first-order valence-corrected chi connectivity index (χ1v) is 6.93. The van der Waals surface area contributed by atoms with Crippen molar-refractivity contribution in [1.29, 1.82) is 0 Å². The molecule has 0 bridgehead atoms. The minimum absolute atomic E-state index is 0.0812. The van der Waals surface area contributed by atoms with Gasteiger partial charge in [0.1, 0.15) is 0 Å². The van der Waals surface area contributed by atoms with Crippen LogP contribution >= 0.6 is 0 Å². The molecule has 0 saturated carbocycles. The fourth-order valence-corrected chi connectivity index (χ4v) is 2.18. The summed E-state index contributed by atoms with van der Waals surface area (Å²) in [6.45, 7) is 2.63. The van der Waals surface area contributed by atoms with Crippen LogP contribution in [0.5, 0.6) is 0 Å². The maximum atomic E-state index is 12.4. The van der Waals surface area contributed by atoms with Crippen LogP contribution in [0.4, 0.5) is 5.69 Å². The lowest BCUT2D eigenvalue weighted by atomic mass is 10.0. The highest BCUT2D eigenvalue weighted by Crippen LogP contribution is 2.15. The lowest BCUT2D eigenvalue weighted by Gasteiger charge is -2.10. The van der Waals surface area contributed by atoms with Crippen LogP contribution in [0, 0.1) is 0 Å². The number of hydrogen-bond donors (Lipinski definition) is 2. The lowest BCUT2D eigenvalue weighted by Crippen LogP contribution is -2.16. The second-order valence-corrected chi connectivity index (χ2v) is 4.70. The van der Waals surface area contributed by atoms with Crippen molar-refractivity contribution >= 4 is 11.6 Å².